The number of hydrogen-bond donors (Lipinski definition) is 2. The molecular weight excluding hydrogens is 236 g/mol. The van der Waals surface area contributed by atoms with Crippen molar-refractivity contribution in [3.63, 3.8) is 0 Å². The van der Waals surface area contributed by atoms with Crippen LogP contribution >= 0.6 is 0 Å². The molecule has 1 saturated heterocycles. The molecule has 6 heteroatoms. The molecule has 0 aromatic carbocycles. The minimum Gasteiger partial charge on any atom is -0.481 e. The van der Waals surface area contributed by atoms with Crippen molar-refractivity contribution in [3.05, 3.63) is 0 Å². The van der Waals surface area contributed by atoms with Gasteiger partial charge in [-0.05, 0) is 18.8 Å². The van der Waals surface area contributed by atoms with Crippen LogP contribution < -0.4 is 5.32 Å². The van der Waals surface area contributed by atoms with Gasteiger partial charge in [0, 0.05) is 19.5 Å². The molecule has 2 rings (SSSR count). The second-order valence-electron chi connectivity index (χ2n) is 4.99. The fraction of sp³-hybridized carbons (Fsp3) is 0.750. The number of nitrogens with one attached hydrogen (secondary N) is 1. The first-order valence-corrected chi connectivity index (χ1v) is 6.37. The second-order valence-corrected chi connectivity index (χ2v) is 4.99. The normalized spacial score (nSPS) is 24.3. The molecular formula is C12H18N2O4. The van der Waals surface area contributed by atoms with Gasteiger partial charge in [-0.25, -0.2) is 0 Å². The van der Waals surface area contributed by atoms with E-state index in [2.05, 4.69) is 5.32 Å². The van der Waals surface area contributed by atoms with Gasteiger partial charge in [-0.1, -0.05) is 6.42 Å². The molecule has 0 radical (unpaired) electrons. The molecule has 1 aliphatic carbocycles. The summed E-state index contributed by atoms with van der Waals surface area (Å²) >= 11 is 0. The van der Waals surface area contributed by atoms with Crippen LogP contribution in [0.5, 0.6) is 0 Å². The summed E-state index contributed by atoms with van der Waals surface area (Å²) in [5.41, 5.74) is 0. The van der Waals surface area contributed by atoms with E-state index in [1.807, 2.05) is 0 Å². The van der Waals surface area contributed by atoms with E-state index in [1.54, 1.807) is 0 Å². The zero-order valence-corrected chi connectivity index (χ0v) is 10.2. The highest BCUT2D eigenvalue weighted by Gasteiger charge is 2.35. The summed E-state index contributed by atoms with van der Waals surface area (Å²) in [5.74, 6) is -1.07. The van der Waals surface area contributed by atoms with Gasteiger partial charge in [-0.15, -0.1) is 0 Å². The molecule has 1 atom stereocenters. The summed E-state index contributed by atoms with van der Waals surface area (Å²) in [6.07, 6.45) is 3.42. The van der Waals surface area contributed by atoms with Crippen molar-refractivity contribution < 1.29 is 19.5 Å². The van der Waals surface area contributed by atoms with E-state index in [0.717, 1.165) is 19.3 Å². The quantitative estimate of drug-likeness (QED) is 0.738. The number of carbonyl (C=O) groups is 3. The minimum absolute atomic E-state index is 0.0826. The van der Waals surface area contributed by atoms with Crippen LogP contribution in [-0.4, -0.2) is 46.9 Å². The minimum atomic E-state index is -1.06. The fourth-order valence-electron chi connectivity index (χ4n) is 2.44. The molecule has 1 unspecified atom stereocenters. The number of amides is 2. The Bertz CT molecular complexity index is 365. The predicted molar refractivity (Wildman–Crippen MR) is 62.7 cm³/mol. The van der Waals surface area contributed by atoms with Gasteiger partial charge < -0.3 is 15.3 Å². The second kappa shape index (κ2) is 5.37. The molecule has 2 aliphatic rings. The molecule has 1 aliphatic heterocycles. The van der Waals surface area contributed by atoms with Gasteiger partial charge in [0.05, 0.1) is 6.42 Å². The van der Waals surface area contributed by atoms with E-state index in [9.17, 15) is 14.4 Å². The SMILES string of the molecule is O=C(O)CC1C(=O)NCCN1C(=O)CC1CCC1. The number of carboxylic acids is 1. The van der Waals surface area contributed by atoms with E-state index in [-0.39, 0.29) is 18.2 Å². The molecule has 0 aromatic rings. The average molecular weight is 254 g/mol. The molecule has 2 fully saturated rings. The Balaban J connectivity index is 1.99. The Morgan fingerprint density at radius 2 is 2.06 bits per heavy atom. The fourth-order valence-corrected chi connectivity index (χ4v) is 2.44. The Labute approximate surface area is 105 Å². The third-order valence-electron chi connectivity index (χ3n) is 3.71. The van der Waals surface area contributed by atoms with Crippen molar-refractivity contribution in [2.45, 2.75) is 38.1 Å². The zero-order valence-electron chi connectivity index (χ0n) is 10.2. The lowest BCUT2D eigenvalue weighted by Crippen LogP contribution is -2.58. The predicted octanol–water partition coefficient (Wildman–Crippen LogP) is -0.0217. The maximum Gasteiger partial charge on any atom is 0.305 e. The number of carbonyl (C=O) groups excluding carboxylic acids is 2. The summed E-state index contributed by atoms with van der Waals surface area (Å²) in [7, 11) is 0. The first-order chi connectivity index (χ1) is 8.58. The number of hydrogen-bond acceptors (Lipinski definition) is 3. The summed E-state index contributed by atoms with van der Waals surface area (Å²) in [6.45, 7) is 0.820. The lowest BCUT2D eigenvalue weighted by Gasteiger charge is -2.36. The van der Waals surface area contributed by atoms with Crippen molar-refractivity contribution in [2.75, 3.05) is 13.1 Å². The summed E-state index contributed by atoms with van der Waals surface area (Å²) in [5, 5.41) is 11.4. The number of rotatable bonds is 4. The molecule has 100 valence electrons. The zero-order chi connectivity index (χ0) is 13.1. The van der Waals surface area contributed by atoms with Crippen molar-refractivity contribution in [3.8, 4) is 0 Å². The first kappa shape index (κ1) is 12.9. The summed E-state index contributed by atoms with van der Waals surface area (Å²) < 4.78 is 0. The Morgan fingerprint density at radius 1 is 1.33 bits per heavy atom. The Morgan fingerprint density at radius 3 is 2.61 bits per heavy atom. The van der Waals surface area contributed by atoms with Crippen LogP contribution in [-0.2, 0) is 14.4 Å². The van der Waals surface area contributed by atoms with Gasteiger partial charge in [0.2, 0.25) is 11.8 Å². The molecule has 2 amide bonds. The third kappa shape index (κ3) is 2.80. The van der Waals surface area contributed by atoms with E-state index in [0.29, 0.717) is 25.4 Å². The van der Waals surface area contributed by atoms with E-state index >= 15 is 0 Å². The van der Waals surface area contributed by atoms with Gasteiger partial charge in [-0.3, -0.25) is 14.4 Å². The van der Waals surface area contributed by atoms with Crippen LogP contribution in [0.1, 0.15) is 32.1 Å². The standard InChI is InChI=1S/C12H18N2O4/c15-10(6-8-2-1-3-8)14-5-4-13-12(18)9(14)7-11(16)17/h8-9H,1-7H2,(H,13,18)(H,16,17). The van der Waals surface area contributed by atoms with Gasteiger partial charge in [0.1, 0.15) is 6.04 Å². The Hall–Kier alpha value is -1.59. The molecule has 0 spiro atoms. The third-order valence-corrected chi connectivity index (χ3v) is 3.71. The first-order valence-electron chi connectivity index (χ1n) is 6.37. The van der Waals surface area contributed by atoms with E-state index in [1.165, 1.54) is 4.90 Å². The summed E-state index contributed by atoms with van der Waals surface area (Å²) in [6, 6.07) is -0.844. The van der Waals surface area contributed by atoms with Crippen LogP contribution in [0.15, 0.2) is 0 Å². The maximum atomic E-state index is 12.1. The van der Waals surface area contributed by atoms with Crippen molar-refractivity contribution >= 4 is 17.8 Å². The highest BCUT2D eigenvalue weighted by atomic mass is 16.4. The lowest BCUT2D eigenvalue weighted by molar-refractivity contribution is -0.149. The topological polar surface area (TPSA) is 86.7 Å². The smallest absolute Gasteiger partial charge is 0.305 e. The molecule has 0 aromatic heterocycles. The van der Waals surface area contributed by atoms with Crippen LogP contribution in [0.4, 0.5) is 0 Å². The number of carboxylic acid groups (broad SMARTS) is 1. The average Bonchev–Trinajstić information content (AvgIpc) is 2.25. The summed E-state index contributed by atoms with van der Waals surface area (Å²) in [4.78, 5) is 35.9. The van der Waals surface area contributed by atoms with Gasteiger partial charge in [0.15, 0.2) is 0 Å². The molecule has 1 saturated carbocycles. The van der Waals surface area contributed by atoms with Crippen LogP contribution in [0.25, 0.3) is 0 Å². The molecule has 2 N–H and O–H groups in total. The number of aliphatic carboxylic acids is 1. The Kier molecular flexibility index (Phi) is 3.84. The van der Waals surface area contributed by atoms with Crippen LogP contribution in [0, 0.1) is 5.92 Å². The number of nitrogens with zero attached hydrogens (tertiary/aromatic N) is 1. The van der Waals surface area contributed by atoms with Crippen molar-refractivity contribution in [1.29, 1.82) is 0 Å². The highest BCUT2D eigenvalue weighted by Crippen LogP contribution is 2.30. The van der Waals surface area contributed by atoms with Crippen LogP contribution in [0.3, 0.4) is 0 Å². The molecule has 1 heterocycles. The highest BCUT2D eigenvalue weighted by molar-refractivity contribution is 5.91. The molecule has 0 bridgehead atoms. The van der Waals surface area contributed by atoms with Gasteiger partial charge >= 0.3 is 5.97 Å². The van der Waals surface area contributed by atoms with Gasteiger partial charge in [-0.2, -0.15) is 0 Å². The lowest BCUT2D eigenvalue weighted by atomic mass is 9.82. The van der Waals surface area contributed by atoms with E-state index < -0.39 is 12.0 Å². The molecule has 6 nitrogen and oxygen atoms in total. The van der Waals surface area contributed by atoms with Crippen molar-refractivity contribution in [2.24, 2.45) is 5.92 Å². The van der Waals surface area contributed by atoms with E-state index in [4.69, 9.17) is 5.11 Å². The largest absolute Gasteiger partial charge is 0.481 e. The molecule has 18 heavy (non-hydrogen) atoms. The van der Waals surface area contributed by atoms with Gasteiger partial charge in [0.25, 0.3) is 0 Å². The van der Waals surface area contributed by atoms with Crippen LogP contribution in [0.2, 0.25) is 0 Å². The maximum absolute atomic E-state index is 12.1. The monoisotopic (exact) mass is 254 g/mol. The number of piperazine rings is 1. The van der Waals surface area contributed by atoms with Crippen molar-refractivity contribution in [1.82, 2.24) is 10.2 Å².